The maximum Gasteiger partial charge on any atom is 0.408 e. The Hall–Kier alpha value is -3.30. The molecule has 0 saturated carbocycles. The number of benzene rings is 1. The molecule has 0 aromatic heterocycles. The molecule has 5 N–H and O–H groups in total. The minimum absolute atomic E-state index is 0.0279. The van der Waals surface area contributed by atoms with E-state index < -0.39 is 41.5 Å². The van der Waals surface area contributed by atoms with Crippen LogP contribution < -0.4 is 16.4 Å². The topological polar surface area (TPSA) is 151 Å². The first-order valence-corrected chi connectivity index (χ1v) is 13.4. The third kappa shape index (κ3) is 12.3. The summed E-state index contributed by atoms with van der Waals surface area (Å²) in [6.07, 6.45) is 3.61. The molecule has 10 heteroatoms. The zero-order chi connectivity index (χ0) is 28.9. The van der Waals surface area contributed by atoms with Crippen molar-refractivity contribution in [2.45, 2.75) is 110 Å². The second-order valence-electron chi connectivity index (χ2n) is 10.8. The van der Waals surface area contributed by atoms with E-state index >= 15 is 0 Å². The van der Waals surface area contributed by atoms with E-state index in [4.69, 9.17) is 10.5 Å². The van der Waals surface area contributed by atoms with Crippen molar-refractivity contribution in [2.24, 2.45) is 5.73 Å². The van der Waals surface area contributed by atoms with Gasteiger partial charge in [-0.3, -0.25) is 14.4 Å². The van der Waals surface area contributed by atoms with Gasteiger partial charge >= 0.3 is 6.09 Å². The van der Waals surface area contributed by atoms with Crippen LogP contribution in [0.1, 0.15) is 98.1 Å². The fourth-order valence-corrected chi connectivity index (χ4v) is 3.94. The molecule has 10 nitrogen and oxygen atoms in total. The number of carbonyl (C=O) groups is 4. The largest absolute Gasteiger partial charge is 0.508 e. The maximum atomic E-state index is 14.0. The Morgan fingerprint density at radius 3 is 2.13 bits per heavy atom. The van der Waals surface area contributed by atoms with E-state index in [1.807, 2.05) is 13.8 Å². The molecule has 0 saturated heterocycles. The summed E-state index contributed by atoms with van der Waals surface area (Å²) in [5.74, 6) is -1.50. The summed E-state index contributed by atoms with van der Waals surface area (Å²) in [4.78, 5) is 53.1. The van der Waals surface area contributed by atoms with Crippen LogP contribution in [-0.2, 0) is 19.1 Å². The van der Waals surface area contributed by atoms with Gasteiger partial charge in [0.2, 0.25) is 17.7 Å². The van der Waals surface area contributed by atoms with E-state index in [1.54, 1.807) is 32.9 Å². The number of primary amides is 1. The number of rotatable bonds is 15. The molecule has 0 spiro atoms. The number of phenols is 1. The van der Waals surface area contributed by atoms with Crippen LogP contribution in [0, 0.1) is 0 Å². The van der Waals surface area contributed by atoms with Crippen LogP contribution in [0.2, 0.25) is 0 Å². The Morgan fingerprint density at radius 2 is 1.61 bits per heavy atom. The van der Waals surface area contributed by atoms with Crippen LogP contribution in [0.3, 0.4) is 0 Å². The van der Waals surface area contributed by atoms with E-state index in [9.17, 15) is 24.3 Å². The number of alkyl carbamates (subject to hydrolysis) is 1. The van der Waals surface area contributed by atoms with Gasteiger partial charge in [0, 0.05) is 19.0 Å². The van der Waals surface area contributed by atoms with Gasteiger partial charge in [-0.2, -0.15) is 0 Å². The van der Waals surface area contributed by atoms with Gasteiger partial charge in [-0.15, -0.1) is 0 Å². The number of hydrogen-bond acceptors (Lipinski definition) is 6. The van der Waals surface area contributed by atoms with Crippen LogP contribution >= 0.6 is 0 Å². The minimum Gasteiger partial charge on any atom is -0.508 e. The Labute approximate surface area is 226 Å². The molecule has 214 valence electrons. The van der Waals surface area contributed by atoms with Crippen molar-refractivity contribution >= 4 is 23.8 Å². The average Bonchev–Trinajstić information content (AvgIpc) is 2.79. The lowest BCUT2D eigenvalue weighted by atomic mass is 10.0. The Morgan fingerprint density at radius 1 is 1.00 bits per heavy atom. The summed E-state index contributed by atoms with van der Waals surface area (Å²) < 4.78 is 5.34. The molecule has 1 aromatic rings. The lowest BCUT2D eigenvalue weighted by Crippen LogP contribution is -2.54. The van der Waals surface area contributed by atoms with Gasteiger partial charge in [-0.25, -0.2) is 4.79 Å². The number of hydrogen-bond donors (Lipinski definition) is 4. The lowest BCUT2D eigenvalue weighted by molar-refractivity contribution is -0.143. The third-order valence-electron chi connectivity index (χ3n) is 5.65. The first kappa shape index (κ1) is 32.7. The maximum absolute atomic E-state index is 14.0. The number of phenolic OH excluding ortho intramolecular Hbond substituents is 1. The van der Waals surface area contributed by atoms with Gasteiger partial charge in [0.1, 0.15) is 23.4 Å². The molecule has 2 atom stereocenters. The SMILES string of the molecule is CCCCCCCN(C(=O)C(CCC(N)=O)NC(=O)OC(C)(C)C)C(C(=O)NC(C)C)c1ccc(O)cc1. The standard InChI is InChI=1S/C28H46N4O6/c1-7-8-9-10-11-18-32(24(25(35)30-19(2)3)20-12-14-21(33)15-13-20)26(36)22(16-17-23(29)34)31-27(37)38-28(4,5)6/h12-15,19,22,24,33H,7-11,16-18H2,1-6H3,(H2,29,34)(H,30,35)(H,31,37). The highest BCUT2D eigenvalue weighted by Gasteiger charge is 2.36. The molecular formula is C28H46N4O6. The highest BCUT2D eigenvalue weighted by Crippen LogP contribution is 2.26. The van der Waals surface area contributed by atoms with Crippen LogP contribution in [0.4, 0.5) is 4.79 Å². The van der Waals surface area contributed by atoms with Crippen molar-refractivity contribution in [3.8, 4) is 5.75 Å². The molecule has 4 amide bonds. The molecule has 0 aliphatic carbocycles. The summed E-state index contributed by atoms with van der Waals surface area (Å²) in [7, 11) is 0. The van der Waals surface area contributed by atoms with E-state index in [0.29, 0.717) is 12.0 Å². The Balaban J connectivity index is 3.45. The molecular weight excluding hydrogens is 488 g/mol. The molecule has 1 aromatic carbocycles. The van der Waals surface area contributed by atoms with E-state index in [2.05, 4.69) is 17.6 Å². The number of amides is 4. The molecule has 0 heterocycles. The first-order valence-electron chi connectivity index (χ1n) is 13.4. The fourth-order valence-electron chi connectivity index (χ4n) is 3.94. The second kappa shape index (κ2) is 15.8. The molecule has 0 aliphatic rings. The number of nitrogens with one attached hydrogen (secondary N) is 2. The molecule has 1 rings (SSSR count). The number of nitrogens with zero attached hydrogens (tertiary/aromatic N) is 1. The number of unbranched alkanes of at least 4 members (excludes halogenated alkanes) is 4. The Bertz CT molecular complexity index is 911. The highest BCUT2D eigenvalue weighted by molar-refractivity contribution is 5.92. The van der Waals surface area contributed by atoms with E-state index in [-0.39, 0.29) is 31.2 Å². The number of ether oxygens (including phenoxy) is 1. The summed E-state index contributed by atoms with van der Waals surface area (Å²) >= 11 is 0. The van der Waals surface area contributed by atoms with Crippen LogP contribution in [-0.4, -0.2) is 58.1 Å². The fraction of sp³-hybridized carbons (Fsp3) is 0.643. The summed E-state index contributed by atoms with van der Waals surface area (Å²) in [6, 6.07) is 3.76. The summed E-state index contributed by atoms with van der Waals surface area (Å²) in [6.45, 7) is 11.1. The Kier molecular flexibility index (Phi) is 13.6. The van der Waals surface area contributed by atoms with E-state index in [1.165, 1.54) is 17.0 Å². The predicted octanol–water partition coefficient (Wildman–Crippen LogP) is 3.92. The van der Waals surface area contributed by atoms with Gasteiger partial charge in [0.25, 0.3) is 0 Å². The predicted molar refractivity (Wildman–Crippen MR) is 146 cm³/mol. The third-order valence-corrected chi connectivity index (χ3v) is 5.65. The number of aromatic hydroxyl groups is 1. The highest BCUT2D eigenvalue weighted by atomic mass is 16.6. The van der Waals surface area contributed by atoms with Crippen LogP contribution in [0.15, 0.2) is 24.3 Å². The zero-order valence-corrected chi connectivity index (χ0v) is 23.7. The van der Waals surface area contributed by atoms with Crippen molar-refractivity contribution < 1.29 is 29.0 Å². The zero-order valence-electron chi connectivity index (χ0n) is 23.7. The summed E-state index contributed by atoms with van der Waals surface area (Å²) in [5.41, 5.74) is 5.06. The van der Waals surface area contributed by atoms with Crippen molar-refractivity contribution in [1.29, 1.82) is 0 Å². The van der Waals surface area contributed by atoms with Gasteiger partial charge in [-0.05, 0) is 65.2 Å². The van der Waals surface area contributed by atoms with Gasteiger partial charge < -0.3 is 31.1 Å². The second-order valence-corrected chi connectivity index (χ2v) is 10.8. The molecule has 0 fully saturated rings. The molecule has 0 aliphatic heterocycles. The monoisotopic (exact) mass is 534 g/mol. The molecule has 38 heavy (non-hydrogen) atoms. The van der Waals surface area contributed by atoms with Crippen molar-refractivity contribution in [1.82, 2.24) is 15.5 Å². The van der Waals surface area contributed by atoms with Crippen LogP contribution in [0.25, 0.3) is 0 Å². The number of carbonyl (C=O) groups excluding carboxylic acids is 4. The smallest absolute Gasteiger partial charge is 0.408 e. The van der Waals surface area contributed by atoms with Crippen molar-refractivity contribution in [2.75, 3.05) is 6.54 Å². The molecule has 0 bridgehead atoms. The average molecular weight is 535 g/mol. The minimum atomic E-state index is -1.14. The van der Waals surface area contributed by atoms with Gasteiger partial charge in [-0.1, -0.05) is 44.7 Å². The lowest BCUT2D eigenvalue weighted by Gasteiger charge is -2.35. The van der Waals surface area contributed by atoms with E-state index in [0.717, 1.165) is 25.7 Å². The van der Waals surface area contributed by atoms with Crippen molar-refractivity contribution in [3.05, 3.63) is 29.8 Å². The van der Waals surface area contributed by atoms with Gasteiger partial charge in [0.05, 0.1) is 0 Å². The van der Waals surface area contributed by atoms with Crippen LogP contribution in [0.5, 0.6) is 5.75 Å². The number of nitrogens with two attached hydrogens (primary N) is 1. The molecule has 2 unspecified atom stereocenters. The first-order chi connectivity index (χ1) is 17.7. The quantitative estimate of drug-likeness (QED) is 0.250. The van der Waals surface area contributed by atoms with Gasteiger partial charge in [0.15, 0.2) is 0 Å². The van der Waals surface area contributed by atoms with Crippen molar-refractivity contribution in [3.63, 3.8) is 0 Å². The molecule has 0 radical (unpaired) electrons. The normalized spacial score (nSPS) is 12.9. The summed E-state index contributed by atoms with van der Waals surface area (Å²) in [5, 5.41) is 15.3.